The van der Waals surface area contributed by atoms with Crippen LogP contribution < -0.4 is 5.43 Å². The van der Waals surface area contributed by atoms with Crippen LogP contribution in [0.5, 0.6) is 0 Å². The molecule has 0 aromatic rings. The van der Waals surface area contributed by atoms with Gasteiger partial charge in [-0.1, -0.05) is 0 Å². The SMILES string of the molecule is CCOC(=O)/C(CC(=O)OC)=N\NC. The lowest BCUT2D eigenvalue weighted by Crippen LogP contribution is -2.23. The average molecular weight is 202 g/mol. The molecule has 0 radical (unpaired) electrons. The summed E-state index contributed by atoms with van der Waals surface area (Å²) in [4.78, 5) is 22.1. The fourth-order valence-corrected chi connectivity index (χ4v) is 0.716. The van der Waals surface area contributed by atoms with Crippen molar-refractivity contribution in [1.82, 2.24) is 5.43 Å². The zero-order valence-corrected chi connectivity index (χ0v) is 8.49. The first-order valence-electron chi connectivity index (χ1n) is 4.12. The van der Waals surface area contributed by atoms with Gasteiger partial charge in [0.15, 0.2) is 5.71 Å². The van der Waals surface area contributed by atoms with E-state index in [0.717, 1.165) is 0 Å². The summed E-state index contributed by atoms with van der Waals surface area (Å²) in [6.07, 6.45) is -0.198. The first kappa shape index (κ1) is 12.4. The van der Waals surface area contributed by atoms with Gasteiger partial charge in [-0.05, 0) is 6.92 Å². The molecule has 0 aliphatic carbocycles. The Morgan fingerprint density at radius 3 is 2.50 bits per heavy atom. The fourth-order valence-electron chi connectivity index (χ4n) is 0.716. The van der Waals surface area contributed by atoms with Gasteiger partial charge in [-0.3, -0.25) is 4.79 Å². The Bertz CT molecular complexity index is 237. The van der Waals surface area contributed by atoms with E-state index in [1.54, 1.807) is 6.92 Å². The van der Waals surface area contributed by atoms with Gasteiger partial charge in [-0.25, -0.2) is 4.79 Å². The van der Waals surface area contributed by atoms with Crippen LogP contribution >= 0.6 is 0 Å². The molecule has 0 fully saturated rings. The van der Waals surface area contributed by atoms with Gasteiger partial charge in [-0.15, -0.1) is 0 Å². The van der Waals surface area contributed by atoms with Crippen molar-refractivity contribution in [2.75, 3.05) is 20.8 Å². The maximum Gasteiger partial charge on any atom is 0.355 e. The number of nitrogens with zero attached hydrogens (tertiary/aromatic N) is 1. The summed E-state index contributed by atoms with van der Waals surface area (Å²) in [5.74, 6) is -1.15. The monoisotopic (exact) mass is 202 g/mol. The van der Waals surface area contributed by atoms with Crippen molar-refractivity contribution in [3.8, 4) is 0 Å². The Kier molecular flexibility index (Phi) is 6.09. The van der Waals surface area contributed by atoms with Crippen LogP contribution in [0.2, 0.25) is 0 Å². The smallest absolute Gasteiger partial charge is 0.355 e. The molecule has 6 heteroatoms. The third kappa shape index (κ3) is 4.44. The Morgan fingerprint density at radius 2 is 2.07 bits per heavy atom. The lowest BCUT2D eigenvalue weighted by molar-refractivity contribution is -0.141. The van der Waals surface area contributed by atoms with Crippen LogP contribution in [-0.2, 0) is 19.1 Å². The van der Waals surface area contributed by atoms with E-state index >= 15 is 0 Å². The van der Waals surface area contributed by atoms with Crippen molar-refractivity contribution in [1.29, 1.82) is 0 Å². The van der Waals surface area contributed by atoms with Crippen LogP contribution in [0.3, 0.4) is 0 Å². The highest BCUT2D eigenvalue weighted by atomic mass is 16.5. The molecule has 80 valence electrons. The fraction of sp³-hybridized carbons (Fsp3) is 0.625. The van der Waals surface area contributed by atoms with Crippen molar-refractivity contribution >= 4 is 17.7 Å². The van der Waals surface area contributed by atoms with E-state index in [0.29, 0.717) is 0 Å². The third-order valence-corrected chi connectivity index (χ3v) is 1.30. The van der Waals surface area contributed by atoms with Gasteiger partial charge in [0.25, 0.3) is 0 Å². The van der Waals surface area contributed by atoms with Gasteiger partial charge < -0.3 is 14.9 Å². The number of esters is 2. The predicted molar refractivity (Wildman–Crippen MR) is 49.8 cm³/mol. The first-order valence-corrected chi connectivity index (χ1v) is 4.12. The number of hydrogen-bond donors (Lipinski definition) is 1. The summed E-state index contributed by atoms with van der Waals surface area (Å²) in [5, 5.41) is 3.62. The minimum Gasteiger partial charge on any atom is -0.469 e. The molecule has 0 aliphatic heterocycles. The molecule has 0 amide bonds. The van der Waals surface area contributed by atoms with Crippen LogP contribution in [-0.4, -0.2) is 38.4 Å². The molecule has 1 N–H and O–H groups in total. The number of hydrazone groups is 1. The molecule has 0 saturated carbocycles. The van der Waals surface area contributed by atoms with E-state index < -0.39 is 11.9 Å². The number of methoxy groups -OCH3 is 1. The Balaban J connectivity index is 4.37. The minimum absolute atomic E-state index is 0.00111. The Labute approximate surface area is 82.3 Å². The van der Waals surface area contributed by atoms with Gasteiger partial charge >= 0.3 is 11.9 Å². The molecule has 0 saturated heterocycles. The maximum absolute atomic E-state index is 11.2. The summed E-state index contributed by atoms with van der Waals surface area (Å²) in [6, 6.07) is 0. The molecule has 0 unspecified atom stereocenters. The van der Waals surface area contributed by atoms with Gasteiger partial charge in [0.2, 0.25) is 0 Å². The maximum atomic E-state index is 11.2. The second kappa shape index (κ2) is 6.88. The molecule has 0 atom stereocenters. The number of rotatable bonds is 5. The summed E-state index contributed by atoms with van der Waals surface area (Å²) in [6.45, 7) is 1.91. The Hall–Kier alpha value is -1.59. The van der Waals surface area contributed by atoms with Crippen LogP contribution in [0.15, 0.2) is 5.10 Å². The normalized spacial score (nSPS) is 10.6. The standard InChI is InChI=1S/C8H14N2O4/c1-4-14-8(12)6(10-9-2)5-7(11)13-3/h9H,4-5H2,1-3H3/b10-6-. The molecule has 14 heavy (non-hydrogen) atoms. The number of carbonyl (C=O) groups is 2. The molecule has 0 bridgehead atoms. The molecule has 0 aliphatic rings. The summed E-state index contributed by atoms with van der Waals surface area (Å²) in [7, 11) is 2.76. The number of carbonyl (C=O) groups excluding carboxylic acids is 2. The van der Waals surface area contributed by atoms with Gasteiger partial charge in [-0.2, -0.15) is 5.10 Å². The van der Waals surface area contributed by atoms with Crippen LogP contribution in [0, 0.1) is 0 Å². The first-order chi connectivity index (χ1) is 6.65. The van der Waals surface area contributed by atoms with Crippen LogP contribution in [0.25, 0.3) is 0 Å². The molecule has 0 heterocycles. The lowest BCUT2D eigenvalue weighted by atomic mass is 10.3. The van der Waals surface area contributed by atoms with E-state index in [2.05, 4.69) is 20.0 Å². The van der Waals surface area contributed by atoms with Crippen molar-refractivity contribution in [3.63, 3.8) is 0 Å². The second-order valence-corrected chi connectivity index (χ2v) is 2.26. The van der Waals surface area contributed by atoms with E-state index in [1.165, 1.54) is 14.2 Å². The Morgan fingerprint density at radius 1 is 1.43 bits per heavy atom. The zero-order chi connectivity index (χ0) is 11.0. The van der Waals surface area contributed by atoms with E-state index in [1.807, 2.05) is 0 Å². The highest BCUT2D eigenvalue weighted by molar-refractivity contribution is 6.39. The number of ether oxygens (including phenoxy) is 2. The highest BCUT2D eigenvalue weighted by Crippen LogP contribution is 1.93. The molecular weight excluding hydrogens is 188 g/mol. The predicted octanol–water partition coefficient (Wildman–Crippen LogP) is -0.312. The largest absolute Gasteiger partial charge is 0.469 e. The van der Waals surface area contributed by atoms with Gasteiger partial charge in [0.1, 0.15) is 0 Å². The third-order valence-electron chi connectivity index (χ3n) is 1.30. The minimum atomic E-state index is -0.618. The van der Waals surface area contributed by atoms with E-state index in [4.69, 9.17) is 0 Å². The number of hydrogen-bond acceptors (Lipinski definition) is 6. The summed E-state index contributed by atoms with van der Waals surface area (Å²) >= 11 is 0. The van der Waals surface area contributed by atoms with Gasteiger partial charge in [0, 0.05) is 7.05 Å². The quantitative estimate of drug-likeness (QED) is 0.376. The molecule has 0 aromatic carbocycles. The van der Waals surface area contributed by atoms with Crippen molar-refractivity contribution in [2.45, 2.75) is 13.3 Å². The topological polar surface area (TPSA) is 77.0 Å². The molecule has 0 spiro atoms. The number of nitrogens with one attached hydrogen (secondary N) is 1. The van der Waals surface area contributed by atoms with E-state index in [9.17, 15) is 9.59 Å². The van der Waals surface area contributed by atoms with Crippen LogP contribution in [0.1, 0.15) is 13.3 Å². The summed E-state index contributed by atoms with van der Waals surface area (Å²) in [5.41, 5.74) is 2.42. The van der Waals surface area contributed by atoms with Gasteiger partial charge in [0.05, 0.1) is 20.1 Å². The molecule has 0 aromatic heterocycles. The van der Waals surface area contributed by atoms with Crippen molar-refractivity contribution in [3.05, 3.63) is 0 Å². The molecule has 0 rings (SSSR count). The summed E-state index contributed by atoms with van der Waals surface area (Å²) < 4.78 is 9.08. The highest BCUT2D eigenvalue weighted by Gasteiger charge is 2.17. The van der Waals surface area contributed by atoms with Crippen LogP contribution in [0.4, 0.5) is 0 Å². The average Bonchev–Trinajstić information content (AvgIpc) is 2.17. The van der Waals surface area contributed by atoms with Crippen molar-refractivity contribution in [2.24, 2.45) is 5.10 Å². The molecular formula is C8H14N2O4. The second-order valence-electron chi connectivity index (χ2n) is 2.26. The lowest BCUT2D eigenvalue weighted by Gasteiger charge is -2.04. The van der Waals surface area contributed by atoms with Crippen molar-refractivity contribution < 1.29 is 19.1 Å². The zero-order valence-electron chi connectivity index (χ0n) is 8.49. The molecule has 6 nitrogen and oxygen atoms in total. The van der Waals surface area contributed by atoms with E-state index in [-0.39, 0.29) is 18.7 Å².